The van der Waals surface area contributed by atoms with Gasteiger partial charge in [0.1, 0.15) is 5.82 Å². The van der Waals surface area contributed by atoms with Gasteiger partial charge in [-0.3, -0.25) is 8.96 Å². The Bertz CT molecular complexity index is 477. The average Bonchev–Trinajstić information content (AvgIpc) is 2.80. The van der Waals surface area contributed by atoms with Gasteiger partial charge in [-0.15, -0.1) is 0 Å². The van der Waals surface area contributed by atoms with Crippen LogP contribution in [-0.4, -0.2) is 34.1 Å². The molecule has 0 saturated carbocycles. The molecule has 0 amide bonds. The van der Waals surface area contributed by atoms with Gasteiger partial charge in [0.2, 0.25) is 0 Å². The van der Waals surface area contributed by atoms with E-state index in [2.05, 4.69) is 10.4 Å². The Labute approximate surface area is 125 Å². The summed E-state index contributed by atoms with van der Waals surface area (Å²) in [6.07, 6.45) is 5.40. The summed E-state index contributed by atoms with van der Waals surface area (Å²) in [6, 6.07) is 0. The van der Waals surface area contributed by atoms with Crippen LogP contribution in [0.4, 0.5) is 4.39 Å². The Balaban J connectivity index is 2.00. The molecule has 0 unspecified atom stereocenters. The summed E-state index contributed by atoms with van der Waals surface area (Å²) >= 11 is 0. The highest BCUT2D eigenvalue weighted by Crippen LogP contribution is 2.16. The van der Waals surface area contributed by atoms with Gasteiger partial charge in [-0.2, -0.15) is 5.10 Å². The second kappa shape index (κ2) is 8.32. The second-order valence-corrected chi connectivity index (χ2v) is 5.81. The van der Waals surface area contributed by atoms with Gasteiger partial charge >= 0.3 is 5.69 Å². The summed E-state index contributed by atoms with van der Waals surface area (Å²) in [4.78, 5) is 12.3. The van der Waals surface area contributed by atoms with Gasteiger partial charge in [-0.1, -0.05) is 0 Å². The van der Waals surface area contributed by atoms with E-state index in [0.717, 1.165) is 51.0 Å². The minimum atomic E-state index is -0.279. The van der Waals surface area contributed by atoms with E-state index in [1.807, 2.05) is 6.92 Å². The third-order valence-corrected chi connectivity index (χ3v) is 4.25. The van der Waals surface area contributed by atoms with Crippen LogP contribution in [0.25, 0.3) is 0 Å². The zero-order valence-corrected chi connectivity index (χ0v) is 13.0. The van der Waals surface area contributed by atoms with E-state index in [1.54, 1.807) is 9.25 Å². The monoisotopic (exact) mass is 298 g/mol. The predicted molar refractivity (Wildman–Crippen MR) is 81.3 cm³/mol. The number of alkyl halides is 1. The van der Waals surface area contributed by atoms with E-state index in [9.17, 15) is 9.18 Å². The summed E-state index contributed by atoms with van der Waals surface area (Å²) in [5.74, 6) is 1.54. The quantitative estimate of drug-likeness (QED) is 0.744. The van der Waals surface area contributed by atoms with Gasteiger partial charge < -0.3 is 5.32 Å². The van der Waals surface area contributed by atoms with Crippen molar-refractivity contribution in [3.05, 3.63) is 16.3 Å². The largest absolute Gasteiger partial charge is 0.345 e. The molecule has 1 aliphatic rings. The van der Waals surface area contributed by atoms with Crippen molar-refractivity contribution < 1.29 is 4.39 Å². The van der Waals surface area contributed by atoms with Crippen molar-refractivity contribution in [2.75, 3.05) is 19.8 Å². The van der Waals surface area contributed by atoms with Crippen molar-refractivity contribution in [3.8, 4) is 0 Å². The molecule has 21 heavy (non-hydrogen) atoms. The van der Waals surface area contributed by atoms with Crippen LogP contribution in [0.2, 0.25) is 0 Å². The molecule has 0 aromatic carbocycles. The molecule has 1 N–H and O–H groups in total. The number of aromatic nitrogens is 3. The van der Waals surface area contributed by atoms with Crippen LogP contribution in [0.3, 0.4) is 0 Å². The summed E-state index contributed by atoms with van der Waals surface area (Å²) < 4.78 is 15.4. The van der Waals surface area contributed by atoms with E-state index < -0.39 is 0 Å². The van der Waals surface area contributed by atoms with Gasteiger partial charge in [-0.25, -0.2) is 9.48 Å². The van der Waals surface area contributed by atoms with Gasteiger partial charge in [-0.05, 0) is 58.0 Å². The van der Waals surface area contributed by atoms with E-state index in [1.165, 1.54) is 0 Å². The van der Waals surface area contributed by atoms with Crippen molar-refractivity contribution in [3.63, 3.8) is 0 Å². The topological polar surface area (TPSA) is 51.9 Å². The molecular weight excluding hydrogens is 271 g/mol. The third kappa shape index (κ3) is 4.40. The van der Waals surface area contributed by atoms with Crippen molar-refractivity contribution >= 4 is 0 Å². The molecule has 0 bridgehead atoms. The van der Waals surface area contributed by atoms with Gasteiger partial charge in [0.25, 0.3) is 0 Å². The lowest BCUT2D eigenvalue weighted by molar-refractivity contribution is 0.362. The molecule has 1 fully saturated rings. The fraction of sp³-hybridized carbons (Fsp3) is 0.867. The van der Waals surface area contributed by atoms with Crippen LogP contribution >= 0.6 is 0 Å². The SMILES string of the molecule is CCn1c(CC2CCNCC2)nn(CCCCCF)c1=O. The number of nitrogens with zero attached hydrogens (tertiary/aromatic N) is 3. The first-order valence-corrected chi connectivity index (χ1v) is 8.19. The number of rotatable bonds is 8. The van der Waals surface area contributed by atoms with Crippen LogP contribution < -0.4 is 11.0 Å². The van der Waals surface area contributed by atoms with Crippen LogP contribution in [0.5, 0.6) is 0 Å². The second-order valence-electron chi connectivity index (χ2n) is 5.81. The number of unbranched alkanes of at least 4 members (excludes halogenated alkanes) is 2. The smallest absolute Gasteiger partial charge is 0.317 e. The number of hydrogen-bond acceptors (Lipinski definition) is 3. The van der Waals surface area contributed by atoms with E-state index >= 15 is 0 Å². The number of nitrogens with one attached hydrogen (secondary N) is 1. The molecule has 1 aromatic rings. The molecule has 1 saturated heterocycles. The van der Waals surface area contributed by atoms with Gasteiger partial charge in [0, 0.05) is 19.5 Å². The van der Waals surface area contributed by atoms with Crippen molar-refractivity contribution in [2.24, 2.45) is 5.92 Å². The standard InChI is InChI=1S/C15H27FN4O/c1-2-19-14(12-13-6-9-17-10-7-13)18-20(15(19)21)11-5-3-4-8-16/h13,17H,2-12H2,1H3. The molecule has 0 spiro atoms. The molecule has 0 aliphatic carbocycles. The first-order valence-electron chi connectivity index (χ1n) is 8.19. The molecule has 6 heteroatoms. The first-order chi connectivity index (χ1) is 10.3. The van der Waals surface area contributed by atoms with Crippen LogP contribution in [-0.2, 0) is 19.5 Å². The molecule has 1 aromatic heterocycles. The molecule has 5 nitrogen and oxygen atoms in total. The first kappa shape index (κ1) is 16.2. The maximum atomic E-state index is 12.3. The highest BCUT2D eigenvalue weighted by atomic mass is 19.1. The lowest BCUT2D eigenvalue weighted by atomic mass is 9.94. The zero-order chi connectivity index (χ0) is 15.1. The molecular formula is C15H27FN4O. The molecule has 0 radical (unpaired) electrons. The molecule has 0 atom stereocenters. The molecule has 2 rings (SSSR count). The minimum Gasteiger partial charge on any atom is -0.317 e. The summed E-state index contributed by atoms with van der Waals surface area (Å²) in [7, 11) is 0. The summed E-state index contributed by atoms with van der Waals surface area (Å²) in [6.45, 7) is 5.10. The third-order valence-electron chi connectivity index (χ3n) is 4.25. The average molecular weight is 298 g/mol. The highest BCUT2D eigenvalue weighted by Gasteiger charge is 2.19. The maximum Gasteiger partial charge on any atom is 0.345 e. The Morgan fingerprint density at radius 1 is 1.29 bits per heavy atom. The molecule has 120 valence electrons. The lowest BCUT2D eigenvalue weighted by Gasteiger charge is -2.21. The van der Waals surface area contributed by atoms with Crippen LogP contribution in [0.1, 0.15) is 44.9 Å². The highest BCUT2D eigenvalue weighted by molar-refractivity contribution is 4.91. The number of aryl methyl sites for hydroxylation is 1. The fourth-order valence-electron chi connectivity index (χ4n) is 2.98. The normalized spacial score (nSPS) is 16.5. The lowest BCUT2D eigenvalue weighted by Crippen LogP contribution is -2.30. The van der Waals surface area contributed by atoms with Gasteiger partial charge in [0.15, 0.2) is 0 Å². The van der Waals surface area contributed by atoms with E-state index in [4.69, 9.17) is 0 Å². The van der Waals surface area contributed by atoms with Crippen LogP contribution in [0, 0.1) is 5.92 Å². The minimum absolute atomic E-state index is 0.0123. The number of halogens is 1. The van der Waals surface area contributed by atoms with Crippen molar-refractivity contribution in [1.29, 1.82) is 0 Å². The Kier molecular flexibility index (Phi) is 6.42. The Morgan fingerprint density at radius 3 is 2.71 bits per heavy atom. The summed E-state index contributed by atoms with van der Waals surface area (Å²) in [5, 5.41) is 7.89. The summed E-state index contributed by atoms with van der Waals surface area (Å²) in [5.41, 5.74) is -0.0123. The van der Waals surface area contributed by atoms with E-state index in [0.29, 0.717) is 25.4 Å². The van der Waals surface area contributed by atoms with Crippen LogP contribution in [0.15, 0.2) is 4.79 Å². The fourth-order valence-corrected chi connectivity index (χ4v) is 2.98. The van der Waals surface area contributed by atoms with Crippen molar-refractivity contribution in [2.45, 2.75) is 58.5 Å². The zero-order valence-electron chi connectivity index (χ0n) is 13.0. The van der Waals surface area contributed by atoms with Gasteiger partial charge in [0.05, 0.1) is 6.67 Å². The Hall–Kier alpha value is -1.17. The molecule has 2 heterocycles. The number of piperidine rings is 1. The van der Waals surface area contributed by atoms with Crippen molar-refractivity contribution in [1.82, 2.24) is 19.7 Å². The predicted octanol–water partition coefficient (Wildman–Crippen LogP) is 1.75. The maximum absolute atomic E-state index is 12.3. The number of hydrogen-bond donors (Lipinski definition) is 1. The Morgan fingerprint density at radius 2 is 2.05 bits per heavy atom. The molecule has 1 aliphatic heterocycles. The van der Waals surface area contributed by atoms with E-state index in [-0.39, 0.29) is 12.4 Å².